The molecule has 2 amide bonds. The number of nitrogens with zero attached hydrogens (tertiary/aromatic N) is 1. The molecule has 0 radical (unpaired) electrons. The number of carbonyl (C=O) groups excluding carboxylic acids is 2. The highest BCUT2D eigenvalue weighted by molar-refractivity contribution is 6.42. The fraction of sp³-hybridized carbons (Fsp3) is 0.273. The lowest BCUT2D eigenvalue weighted by Gasteiger charge is -2.31. The fourth-order valence-corrected chi connectivity index (χ4v) is 3.60. The van der Waals surface area contributed by atoms with E-state index in [0.717, 1.165) is 31.6 Å². The van der Waals surface area contributed by atoms with E-state index >= 15 is 0 Å². The summed E-state index contributed by atoms with van der Waals surface area (Å²) >= 11 is 12.1. The fourth-order valence-electron chi connectivity index (χ4n) is 3.22. The van der Waals surface area contributed by atoms with Gasteiger partial charge in [0.15, 0.2) is 0 Å². The molecule has 5 nitrogen and oxygen atoms in total. The number of piperidine rings is 1. The van der Waals surface area contributed by atoms with Gasteiger partial charge in [-0.2, -0.15) is 0 Å². The summed E-state index contributed by atoms with van der Waals surface area (Å²) in [5, 5.41) is 6.79. The minimum atomic E-state index is -0.165. The zero-order valence-electron chi connectivity index (χ0n) is 15.9. The number of likely N-dealkylation sites (tertiary alicyclic amines) is 1. The van der Waals surface area contributed by atoms with Crippen LogP contribution in [-0.4, -0.2) is 42.4 Å². The van der Waals surface area contributed by atoms with Crippen LogP contribution in [0.2, 0.25) is 10.0 Å². The van der Waals surface area contributed by atoms with Gasteiger partial charge in [0.05, 0.1) is 16.6 Å². The van der Waals surface area contributed by atoms with Gasteiger partial charge in [0, 0.05) is 30.9 Å². The number of nitrogens with one attached hydrogen (secondary N) is 2. The molecule has 2 aromatic carbocycles. The summed E-state index contributed by atoms with van der Waals surface area (Å²) in [7, 11) is 0. The first-order valence-electron chi connectivity index (χ1n) is 9.51. The summed E-state index contributed by atoms with van der Waals surface area (Å²) in [5.41, 5.74) is 1.50. The SMILES string of the molecule is O=C(C=Cc1cccc(Cl)c1Cl)NC1CCN(CC(=O)Nc2ccccc2)CC1. The Kier molecular flexibility index (Phi) is 7.69. The maximum atomic E-state index is 12.2. The van der Waals surface area contributed by atoms with Crippen LogP contribution in [-0.2, 0) is 9.59 Å². The van der Waals surface area contributed by atoms with Gasteiger partial charge < -0.3 is 10.6 Å². The van der Waals surface area contributed by atoms with E-state index in [1.807, 2.05) is 30.3 Å². The van der Waals surface area contributed by atoms with Crippen molar-refractivity contribution in [1.29, 1.82) is 0 Å². The number of hydrogen-bond acceptors (Lipinski definition) is 3. The molecule has 1 fully saturated rings. The second kappa shape index (κ2) is 10.4. The van der Waals surface area contributed by atoms with Crippen LogP contribution in [0.15, 0.2) is 54.6 Å². The van der Waals surface area contributed by atoms with Crippen LogP contribution in [0.4, 0.5) is 5.69 Å². The molecule has 3 rings (SSSR count). The van der Waals surface area contributed by atoms with Gasteiger partial charge >= 0.3 is 0 Å². The Bertz CT molecular complexity index is 879. The molecule has 1 aliphatic heterocycles. The van der Waals surface area contributed by atoms with Crippen LogP contribution >= 0.6 is 23.2 Å². The van der Waals surface area contributed by atoms with Crippen molar-refractivity contribution in [2.24, 2.45) is 0 Å². The standard InChI is InChI=1S/C22H23Cl2N3O2/c23-19-8-4-5-16(22(19)24)9-10-20(28)25-18-11-13-27(14-12-18)15-21(29)26-17-6-2-1-3-7-17/h1-10,18H,11-15H2,(H,25,28)(H,26,29). The topological polar surface area (TPSA) is 61.4 Å². The number of carbonyl (C=O) groups is 2. The first-order chi connectivity index (χ1) is 14.0. The van der Waals surface area contributed by atoms with Crippen molar-refractivity contribution in [3.05, 3.63) is 70.2 Å². The first kappa shape index (κ1) is 21.4. The van der Waals surface area contributed by atoms with Crippen LogP contribution in [0.25, 0.3) is 6.08 Å². The number of rotatable bonds is 6. The van der Waals surface area contributed by atoms with Crippen LogP contribution in [0, 0.1) is 0 Å². The van der Waals surface area contributed by atoms with Gasteiger partial charge in [-0.05, 0) is 42.7 Å². The average molecular weight is 432 g/mol. The number of hydrogen-bond donors (Lipinski definition) is 2. The molecule has 1 saturated heterocycles. The molecular weight excluding hydrogens is 409 g/mol. The number of halogens is 2. The van der Waals surface area contributed by atoms with Crippen LogP contribution in [0.3, 0.4) is 0 Å². The zero-order chi connectivity index (χ0) is 20.6. The number of benzene rings is 2. The van der Waals surface area contributed by atoms with Gasteiger partial charge in [0.25, 0.3) is 0 Å². The third-order valence-electron chi connectivity index (χ3n) is 4.75. The number of para-hydroxylation sites is 1. The molecule has 2 N–H and O–H groups in total. The minimum Gasteiger partial charge on any atom is -0.350 e. The molecule has 152 valence electrons. The zero-order valence-corrected chi connectivity index (χ0v) is 17.4. The van der Waals surface area contributed by atoms with Crippen molar-refractivity contribution in [3.63, 3.8) is 0 Å². The van der Waals surface area contributed by atoms with Gasteiger partial charge in [-0.1, -0.05) is 53.5 Å². The molecule has 1 aliphatic rings. The average Bonchev–Trinajstić information content (AvgIpc) is 2.71. The van der Waals surface area contributed by atoms with Crippen molar-refractivity contribution in [3.8, 4) is 0 Å². The van der Waals surface area contributed by atoms with Crippen LogP contribution in [0.5, 0.6) is 0 Å². The molecule has 0 unspecified atom stereocenters. The summed E-state index contributed by atoms with van der Waals surface area (Å²) in [6, 6.07) is 14.8. The second-order valence-corrected chi connectivity index (χ2v) is 7.73. The Morgan fingerprint density at radius 3 is 2.48 bits per heavy atom. The van der Waals surface area contributed by atoms with E-state index in [-0.39, 0.29) is 17.9 Å². The number of anilines is 1. The Labute approximate surface area is 180 Å². The molecule has 7 heteroatoms. The maximum Gasteiger partial charge on any atom is 0.244 e. The molecule has 0 aromatic heterocycles. The minimum absolute atomic E-state index is 0.0278. The molecular formula is C22H23Cl2N3O2. The van der Waals surface area contributed by atoms with Gasteiger partial charge in [-0.15, -0.1) is 0 Å². The van der Waals surface area contributed by atoms with Gasteiger partial charge in [0.1, 0.15) is 0 Å². The van der Waals surface area contributed by atoms with E-state index in [1.165, 1.54) is 6.08 Å². The maximum absolute atomic E-state index is 12.2. The van der Waals surface area contributed by atoms with Crippen LogP contribution in [0.1, 0.15) is 18.4 Å². The molecule has 1 heterocycles. The van der Waals surface area contributed by atoms with Gasteiger partial charge in [0.2, 0.25) is 11.8 Å². The Hall–Kier alpha value is -2.34. The van der Waals surface area contributed by atoms with E-state index in [2.05, 4.69) is 15.5 Å². The molecule has 0 aliphatic carbocycles. The lowest BCUT2D eigenvalue weighted by molar-refractivity contribution is -0.119. The largest absolute Gasteiger partial charge is 0.350 e. The van der Waals surface area contributed by atoms with Crippen LogP contribution < -0.4 is 10.6 Å². The normalized spacial score (nSPS) is 15.4. The molecule has 0 spiro atoms. The monoisotopic (exact) mass is 431 g/mol. The molecule has 0 saturated carbocycles. The summed E-state index contributed by atoms with van der Waals surface area (Å²) in [5.74, 6) is -0.193. The predicted octanol–water partition coefficient (Wildman–Crippen LogP) is 4.23. The Morgan fingerprint density at radius 1 is 1.03 bits per heavy atom. The van der Waals surface area contributed by atoms with Crippen molar-refractivity contribution < 1.29 is 9.59 Å². The third kappa shape index (κ3) is 6.60. The van der Waals surface area contributed by atoms with Crippen molar-refractivity contribution >= 4 is 46.8 Å². The van der Waals surface area contributed by atoms with Gasteiger partial charge in [-0.3, -0.25) is 14.5 Å². The molecule has 2 aromatic rings. The van der Waals surface area contributed by atoms with Crippen molar-refractivity contribution in [1.82, 2.24) is 10.2 Å². The predicted molar refractivity (Wildman–Crippen MR) is 118 cm³/mol. The van der Waals surface area contributed by atoms with Crippen molar-refractivity contribution in [2.45, 2.75) is 18.9 Å². The number of amides is 2. The Morgan fingerprint density at radius 2 is 1.76 bits per heavy atom. The summed E-state index contributed by atoms with van der Waals surface area (Å²) in [6.45, 7) is 1.87. The highest BCUT2D eigenvalue weighted by Gasteiger charge is 2.21. The first-order valence-corrected chi connectivity index (χ1v) is 10.3. The van der Waals surface area contributed by atoms with E-state index in [0.29, 0.717) is 22.2 Å². The van der Waals surface area contributed by atoms with E-state index in [9.17, 15) is 9.59 Å². The Balaban J connectivity index is 1.41. The highest BCUT2D eigenvalue weighted by Crippen LogP contribution is 2.26. The second-order valence-electron chi connectivity index (χ2n) is 6.95. The highest BCUT2D eigenvalue weighted by atomic mass is 35.5. The molecule has 29 heavy (non-hydrogen) atoms. The summed E-state index contributed by atoms with van der Waals surface area (Å²) in [6.07, 6.45) is 4.73. The molecule has 0 atom stereocenters. The lowest BCUT2D eigenvalue weighted by atomic mass is 10.0. The lowest BCUT2D eigenvalue weighted by Crippen LogP contribution is -2.46. The smallest absolute Gasteiger partial charge is 0.244 e. The summed E-state index contributed by atoms with van der Waals surface area (Å²) < 4.78 is 0. The van der Waals surface area contributed by atoms with E-state index in [1.54, 1.807) is 24.3 Å². The van der Waals surface area contributed by atoms with E-state index in [4.69, 9.17) is 23.2 Å². The quantitative estimate of drug-likeness (QED) is 0.672. The van der Waals surface area contributed by atoms with Gasteiger partial charge in [-0.25, -0.2) is 0 Å². The third-order valence-corrected chi connectivity index (χ3v) is 5.59. The summed E-state index contributed by atoms with van der Waals surface area (Å²) in [4.78, 5) is 26.5. The molecule has 0 bridgehead atoms. The van der Waals surface area contributed by atoms with Crippen molar-refractivity contribution in [2.75, 3.05) is 25.0 Å². The van der Waals surface area contributed by atoms with E-state index < -0.39 is 0 Å².